The number of halogens is 3. The van der Waals surface area contributed by atoms with E-state index in [1.807, 2.05) is 0 Å². The topological polar surface area (TPSA) is 108 Å². The Hall–Kier alpha value is -4.97. The number of carbonyl (C=O) groups is 1. The maximum Gasteiger partial charge on any atom is 0.335 e. The van der Waals surface area contributed by atoms with Crippen LogP contribution in [0.25, 0.3) is 22.3 Å². The van der Waals surface area contributed by atoms with Crippen molar-refractivity contribution in [3.05, 3.63) is 111 Å². The summed E-state index contributed by atoms with van der Waals surface area (Å²) in [6.07, 6.45) is 0.994. The quantitative estimate of drug-likeness (QED) is 0.250. The molecule has 42 heavy (non-hydrogen) atoms. The number of rotatable bonds is 10. The van der Waals surface area contributed by atoms with Gasteiger partial charge in [0.1, 0.15) is 29.6 Å². The van der Waals surface area contributed by atoms with Crippen molar-refractivity contribution in [3.63, 3.8) is 0 Å². The average molecular weight is 579 g/mol. The van der Waals surface area contributed by atoms with Crippen molar-refractivity contribution in [1.82, 2.24) is 19.1 Å². The number of benzene rings is 2. The molecule has 12 heteroatoms. The van der Waals surface area contributed by atoms with Crippen LogP contribution in [0, 0.1) is 24.4 Å². The molecule has 2 aromatic carbocycles. The van der Waals surface area contributed by atoms with Gasteiger partial charge in [0.05, 0.1) is 29.9 Å². The Morgan fingerprint density at radius 1 is 1.00 bits per heavy atom. The third kappa shape index (κ3) is 5.88. The second-order valence-corrected chi connectivity index (χ2v) is 9.55. The van der Waals surface area contributed by atoms with Crippen LogP contribution in [-0.2, 0) is 24.4 Å². The average Bonchev–Trinajstić information content (AvgIpc) is 3.30. The van der Waals surface area contributed by atoms with Crippen LogP contribution in [0.4, 0.5) is 13.2 Å². The minimum absolute atomic E-state index is 0.0757. The van der Waals surface area contributed by atoms with Crippen LogP contribution < -0.4 is 10.3 Å². The molecule has 3 aromatic heterocycles. The second kappa shape index (κ2) is 11.9. The molecule has 0 aliphatic heterocycles. The maximum absolute atomic E-state index is 15.3. The summed E-state index contributed by atoms with van der Waals surface area (Å²) in [5.74, 6) is -3.00. The molecular formula is C30H25F3N4O5. The highest BCUT2D eigenvalue weighted by Crippen LogP contribution is 2.25. The molecule has 5 aromatic rings. The van der Waals surface area contributed by atoms with E-state index >= 15 is 4.39 Å². The van der Waals surface area contributed by atoms with Gasteiger partial charge in [-0.1, -0.05) is 18.2 Å². The van der Waals surface area contributed by atoms with E-state index in [2.05, 4.69) is 9.97 Å². The van der Waals surface area contributed by atoms with E-state index in [-0.39, 0.29) is 65.9 Å². The van der Waals surface area contributed by atoms with Gasteiger partial charge in [-0.2, -0.15) is 0 Å². The third-order valence-electron chi connectivity index (χ3n) is 6.63. The SMILES string of the molecule is COCCn1c(Cn2cc(F)c(-c3cccc(OCc4ccc(C)cc4F)n3)cc2=O)nc2c(F)cc(C(=O)O)cc21. The summed E-state index contributed by atoms with van der Waals surface area (Å²) in [6.45, 7) is 1.83. The lowest BCUT2D eigenvalue weighted by Crippen LogP contribution is -2.23. The molecule has 0 spiro atoms. The van der Waals surface area contributed by atoms with Crippen LogP contribution in [0.2, 0.25) is 0 Å². The van der Waals surface area contributed by atoms with Gasteiger partial charge in [0.2, 0.25) is 5.88 Å². The summed E-state index contributed by atoms with van der Waals surface area (Å²) >= 11 is 0. The van der Waals surface area contributed by atoms with Crippen LogP contribution in [-0.4, -0.2) is 43.9 Å². The Morgan fingerprint density at radius 2 is 1.81 bits per heavy atom. The zero-order chi connectivity index (χ0) is 30.0. The number of carboxylic acids is 1. The van der Waals surface area contributed by atoms with Gasteiger partial charge < -0.3 is 23.7 Å². The Morgan fingerprint density at radius 3 is 2.55 bits per heavy atom. The van der Waals surface area contributed by atoms with Gasteiger partial charge >= 0.3 is 5.97 Å². The van der Waals surface area contributed by atoms with E-state index in [4.69, 9.17) is 9.47 Å². The highest BCUT2D eigenvalue weighted by atomic mass is 19.1. The number of fused-ring (bicyclic) bond motifs is 1. The lowest BCUT2D eigenvalue weighted by atomic mass is 10.1. The molecule has 0 radical (unpaired) electrons. The molecule has 5 rings (SSSR count). The fourth-order valence-corrected chi connectivity index (χ4v) is 4.49. The summed E-state index contributed by atoms with van der Waals surface area (Å²) in [5, 5.41) is 9.35. The van der Waals surface area contributed by atoms with E-state index < -0.39 is 29.0 Å². The highest BCUT2D eigenvalue weighted by molar-refractivity contribution is 5.92. The molecule has 0 unspecified atom stereocenters. The number of aryl methyl sites for hydroxylation is 1. The number of imidazole rings is 1. The molecule has 1 N–H and O–H groups in total. The fourth-order valence-electron chi connectivity index (χ4n) is 4.49. The van der Waals surface area contributed by atoms with Crippen molar-refractivity contribution < 1.29 is 32.5 Å². The maximum atomic E-state index is 15.3. The number of ether oxygens (including phenoxy) is 2. The summed E-state index contributed by atoms with van der Waals surface area (Å²) in [6, 6.07) is 12.6. The molecular weight excluding hydrogens is 553 g/mol. The van der Waals surface area contributed by atoms with Crippen LogP contribution >= 0.6 is 0 Å². The smallest absolute Gasteiger partial charge is 0.335 e. The van der Waals surface area contributed by atoms with Crippen molar-refractivity contribution in [1.29, 1.82) is 0 Å². The molecule has 0 saturated heterocycles. The molecule has 0 atom stereocenters. The molecule has 216 valence electrons. The summed E-state index contributed by atoms with van der Waals surface area (Å²) < 4.78 is 57.6. The monoisotopic (exact) mass is 578 g/mol. The molecule has 0 saturated carbocycles. The lowest BCUT2D eigenvalue weighted by molar-refractivity contribution is 0.0696. The third-order valence-corrected chi connectivity index (χ3v) is 6.63. The van der Waals surface area contributed by atoms with Crippen molar-refractivity contribution in [2.75, 3.05) is 13.7 Å². The second-order valence-electron chi connectivity index (χ2n) is 9.55. The number of pyridine rings is 2. The number of hydrogen-bond acceptors (Lipinski definition) is 6. The van der Waals surface area contributed by atoms with E-state index in [0.717, 1.165) is 28.5 Å². The Bertz CT molecular complexity index is 1870. The minimum Gasteiger partial charge on any atom is -0.478 e. The van der Waals surface area contributed by atoms with Crippen LogP contribution in [0.15, 0.2) is 65.6 Å². The number of aromatic carboxylic acids is 1. The first kappa shape index (κ1) is 28.6. The summed E-state index contributed by atoms with van der Waals surface area (Å²) in [5.41, 5.74) is 0.436. The Balaban J connectivity index is 1.44. The van der Waals surface area contributed by atoms with E-state index in [1.165, 1.54) is 35.9 Å². The first-order valence-electron chi connectivity index (χ1n) is 12.8. The van der Waals surface area contributed by atoms with Crippen molar-refractivity contribution in [2.24, 2.45) is 0 Å². The summed E-state index contributed by atoms with van der Waals surface area (Å²) in [7, 11) is 1.47. The number of hydrogen-bond donors (Lipinski definition) is 1. The molecule has 9 nitrogen and oxygen atoms in total. The highest BCUT2D eigenvalue weighted by Gasteiger charge is 2.19. The number of aromatic nitrogens is 4. The Kier molecular flexibility index (Phi) is 8.07. The predicted octanol–water partition coefficient (Wildman–Crippen LogP) is 4.96. The number of methoxy groups -OCH3 is 1. The fraction of sp³-hybridized carbons (Fsp3) is 0.200. The molecule has 0 bridgehead atoms. The van der Waals surface area contributed by atoms with Crippen molar-refractivity contribution in [2.45, 2.75) is 26.6 Å². The predicted molar refractivity (Wildman–Crippen MR) is 147 cm³/mol. The van der Waals surface area contributed by atoms with Gasteiger partial charge in [-0.05, 0) is 36.8 Å². The zero-order valence-electron chi connectivity index (χ0n) is 22.6. The zero-order valence-corrected chi connectivity index (χ0v) is 22.6. The van der Waals surface area contributed by atoms with Crippen molar-refractivity contribution >= 4 is 17.0 Å². The van der Waals surface area contributed by atoms with E-state index in [1.54, 1.807) is 25.1 Å². The molecule has 0 aliphatic rings. The first-order chi connectivity index (χ1) is 20.1. The van der Waals surface area contributed by atoms with Crippen LogP contribution in [0.3, 0.4) is 0 Å². The van der Waals surface area contributed by atoms with Gasteiger partial charge in [0.15, 0.2) is 5.82 Å². The largest absolute Gasteiger partial charge is 0.478 e. The van der Waals surface area contributed by atoms with Gasteiger partial charge in [0, 0.05) is 43.1 Å². The number of nitrogens with zero attached hydrogens (tertiary/aromatic N) is 4. The van der Waals surface area contributed by atoms with E-state index in [9.17, 15) is 23.5 Å². The van der Waals surface area contributed by atoms with Gasteiger partial charge in [-0.25, -0.2) is 27.9 Å². The molecule has 0 fully saturated rings. The van der Waals surface area contributed by atoms with Gasteiger partial charge in [-0.3, -0.25) is 4.79 Å². The summed E-state index contributed by atoms with van der Waals surface area (Å²) in [4.78, 5) is 33.1. The standard InChI is InChI=1S/C30H25F3N4O5/c1-17-6-7-18(21(31)10-17)16-42-27-5-3-4-24(34-27)20-13-28(38)36(14-23(20)33)15-26-35-29-22(32)11-19(30(39)40)12-25(29)37(26)8-9-41-2/h3-7,10-14H,8-9,15-16H2,1-2H3,(H,39,40). The van der Waals surface area contributed by atoms with E-state index in [0.29, 0.717) is 5.56 Å². The molecule has 3 heterocycles. The van der Waals surface area contributed by atoms with Crippen LogP contribution in [0.5, 0.6) is 5.88 Å². The normalized spacial score (nSPS) is 11.3. The van der Waals surface area contributed by atoms with Crippen LogP contribution in [0.1, 0.15) is 27.3 Å². The minimum atomic E-state index is -1.31. The first-order valence-corrected chi connectivity index (χ1v) is 12.8. The molecule has 0 amide bonds. The number of carboxylic acid groups (broad SMARTS) is 1. The Labute approximate surface area is 237 Å². The van der Waals surface area contributed by atoms with Gasteiger partial charge in [0.25, 0.3) is 5.56 Å². The van der Waals surface area contributed by atoms with Crippen molar-refractivity contribution in [3.8, 4) is 17.1 Å². The molecule has 0 aliphatic carbocycles. The van der Waals surface area contributed by atoms with Gasteiger partial charge in [-0.15, -0.1) is 0 Å². The lowest BCUT2D eigenvalue weighted by Gasteiger charge is -2.12.